The zero-order valence-electron chi connectivity index (χ0n) is 7.08. The number of nitrogens with one attached hydrogen (secondary N) is 2. The van der Waals surface area contributed by atoms with Gasteiger partial charge in [-0.3, -0.25) is 9.67 Å². The molecule has 1 heterocycles. The molecular formula is C7H11N3OS2. The minimum absolute atomic E-state index is 0.177. The van der Waals surface area contributed by atoms with E-state index in [0.717, 1.165) is 11.5 Å². The van der Waals surface area contributed by atoms with Crippen LogP contribution in [-0.4, -0.2) is 26.3 Å². The summed E-state index contributed by atoms with van der Waals surface area (Å²) in [6, 6.07) is 0. The molecular weight excluding hydrogens is 206 g/mol. The van der Waals surface area contributed by atoms with Crippen LogP contribution in [0.5, 0.6) is 0 Å². The van der Waals surface area contributed by atoms with E-state index in [9.17, 15) is 4.79 Å². The van der Waals surface area contributed by atoms with Crippen molar-refractivity contribution in [3.8, 4) is 0 Å². The summed E-state index contributed by atoms with van der Waals surface area (Å²) >= 11 is 6.61. The molecule has 72 valence electrons. The summed E-state index contributed by atoms with van der Waals surface area (Å²) in [6.45, 7) is 4.24. The molecule has 0 aliphatic carbocycles. The van der Waals surface area contributed by atoms with Gasteiger partial charge >= 0.3 is 5.69 Å². The molecule has 6 heteroatoms. The number of hydrogen-bond donors (Lipinski definition) is 2. The molecule has 1 aromatic rings. The van der Waals surface area contributed by atoms with Crippen molar-refractivity contribution in [1.29, 1.82) is 0 Å². The highest BCUT2D eigenvalue weighted by atomic mass is 32.2. The van der Waals surface area contributed by atoms with Gasteiger partial charge in [-0.1, -0.05) is 6.08 Å². The number of H-pyrrole nitrogens is 2. The molecule has 0 saturated heterocycles. The van der Waals surface area contributed by atoms with Gasteiger partial charge in [0.05, 0.1) is 0 Å². The second-order valence-electron chi connectivity index (χ2n) is 2.38. The van der Waals surface area contributed by atoms with Gasteiger partial charge in [0.2, 0.25) is 0 Å². The standard InChI is InChI=1S/C7H11N3OS2/c1-2-4-13-5-3-10-6(11)8-9-7(10)12/h2H,1,3-5H2,(H,8,11)(H,9,12). The van der Waals surface area contributed by atoms with E-state index in [1.165, 1.54) is 4.57 Å². The number of aromatic nitrogens is 3. The molecule has 0 unspecified atom stereocenters. The van der Waals surface area contributed by atoms with Gasteiger partial charge in [0, 0.05) is 18.1 Å². The minimum Gasteiger partial charge on any atom is -0.272 e. The van der Waals surface area contributed by atoms with Crippen LogP contribution in [-0.2, 0) is 6.54 Å². The maximum atomic E-state index is 11.1. The molecule has 13 heavy (non-hydrogen) atoms. The Bertz CT molecular complexity index is 348. The average Bonchev–Trinajstić information content (AvgIpc) is 2.42. The van der Waals surface area contributed by atoms with Crippen molar-refractivity contribution in [2.24, 2.45) is 0 Å². The van der Waals surface area contributed by atoms with E-state index < -0.39 is 0 Å². The Kier molecular flexibility index (Phi) is 4.04. The number of thioether (sulfide) groups is 1. The fourth-order valence-corrected chi connectivity index (χ4v) is 1.73. The van der Waals surface area contributed by atoms with Crippen molar-refractivity contribution in [2.75, 3.05) is 11.5 Å². The molecule has 0 atom stereocenters. The highest BCUT2D eigenvalue weighted by Gasteiger charge is 1.98. The highest BCUT2D eigenvalue weighted by molar-refractivity contribution is 7.99. The SMILES string of the molecule is C=CCSCCn1c(=O)[nH][nH]c1=S. The second kappa shape index (κ2) is 5.08. The van der Waals surface area contributed by atoms with E-state index in [0.29, 0.717) is 11.3 Å². The highest BCUT2D eigenvalue weighted by Crippen LogP contribution is 1.99. The van der Waals surface area contributed by atoms with Gasteiger partial charge in [0.25, 0.3) is 0 Å². The molecule has 0 aromatic carbocycles. The van der Waals surface area contributed by atoms with Crippen molar-refractivity contribution in [3.63, 3.8) is 0 Å². The van der Waals surface area contributed by atoms with Crippen LogP contribution in [0.3, 0.4) is 0 Å². The maximum Gasteiger partial charge on any atom is 0.342 e. The van der Waals surface area contributed by atoms with Crippen LogP contribution in [0.25, 0.3) is 0 Å². The predicted octanol–water partition coefficient (Wildman–Crippen LogP) is 1.15. The van der Waals surface area contributed by atoms with Gasteiger partial charge in [0.15, 0.2) is 4.77 Å². The molecule has 0 fully saturated rings. The topological polar surface area (TPSA) is 53.6 Å². The molecule has 0 aliphatic heterocycles. The third kappa shape index (κ3) is 2.89. The molecule has 0 spiro atoms. The Labute approximate surface area is 85.0 Å². The van der Waals surface area contributed by atoms with Gasteiger partial charge in [-0.05, 0) is 12.2 Å². The predicted molar refractivity (Wildman–Crippen MR) is 57.8 cm³/mol. The minimum atomic E-state index is -0.177. The van der Waals surface area contributed by atoms with E-state index in [-0.39, 0.29) is 5.69 Å². The van der Waals surface area contributed by atoms with Crippen LogP contribution in [0.2, 0.25) is 0 Å². The summed E-state index contributed by atoms with van der Waals surface area (Å²) in [5, 5.41) is 5.02. The first-order valence-corrected chi connectivity index (χ1v) is 5.38. The first-order valence-electron chi connectivity index (χ1n) is 3.82. The molecule has 2 N–H and O–H groups in total. The van der Waals surface area contributed by atoms with E-state index in [2.05, 4.69) is 16.8 Å². The van der Waals surface area contributed by atoms with Gasteiger partial charge in [-0.2, -0.15) is 11.8 Å². The largest absolute Gasteiger partial charge is 0.342 e. The molecule has 0 aliphatic rings. The summed E-state index contributed by atoms with van der Waals surface area (Å²) in [5.74, 6) is 1.76. The zero-order valence-corrected chi connectivity index (χ0v) is 8.71. The van der Waals surface area contributed by atoms with Crippen LogP contribution in [0.15, 0.2) is 17.4 Å². The van der Waals surface area contributed by atoms with Crippen LogP contribution < -0.4 is 5.69 Å². The maximum absolute atomic E-state index is 11.1. The monoisotopic (exact) mass is 217 g/mol. The van der Waals surface area contributed by atoms with E-state index in [4.69, 9.17) is 12.2 Å². The van der Waals surface area contributed by atoms with Crippen molar-refractivity contribution >= 4 is 24.0 Å². The summed E-state index contributed by atoms with van der Waals surface area (Å²) in [6.07, 6.45) is 1.84. The zero-order chi connectivity index (χ0) is 9.68. The van der Waals surface area contributed by atoms with Crippen molar-refractivity contribution in [3.05, 3.63) is 27.9 Å². The summed E-state index contributed by atoms with van der Waals surface area (Å²) in [7, 11) is 0. The smallest absolute Gasteiger partial charge is 0.272 e. The number of aromatic amines is 2. The second-order valence-corrected chi connectivity index (χ2v) is 3.91. The molecule has 1 rings (SSSR count). The van der Waals surface area contributed by atoms with E-state index in [1.54, 1.807) is 11.8 Å². The Morgan fingerprint density at radius 1 is 1.62 bits per heavy atom. The Hall–Kier alpha value is -0.750. The number of nitrogens with zero attached hydrogens (tertiary/aromatic N) is 1. The van der Waals surface area contributed by atoms with Gasteiger partial charge < -0.3 is 0 Å². The lowest BCUT2D eigenvalue weighted by molar-refractivity contribution is 0.727. The van der Waals surface area contributed by atoms with Crippen LogP contribution >= 0.6 is 24.0 Å². The quantitative estimate of drug-likeness (QED) is 0.442. The Morgan fingerprint density at radius 2 is 2.38 bits per heavy atom. The molecule has 1 aromatic heterocycles. The summed E-state index contributed by atoms with van der Waals surface area (Å²) < 4.78 is 1.95. The third-order valence-electron chi connectivity index (χ3n) is 1.46. The van der Waals surface area contributed by atoms with Gasteiger partial charge in [-0.15, -0.1) is 6.58 Å². The third-order valence-corrected chi connectivity index (χ3v) is 2.73. The van der Waals surface area contributed by atoms with Crippen LogP contribution in [0.4, 0.5) is 0 Å². The van der Waals surface area contributed by atoms with Crippen LogP contribution in [0.1, 0.15) is 0 Å². The first kappa shape index (κ1) is 10.3. The Morgan fingerprint density at radius 3 is 2.92 bits per heavy atom. The molecule has 0 radical (unpaired) electrons. The van der Waals surface area contributed by atoms with Crippen LogP contribution in [0, 0.1) is 4.77 Å². The summed E-state index contributed by atoms with van der Waals surface area (Å²) in [5.41, 5.74) is -0.177. The molecule has 0 bridgehead atoms. The number of hydrogen-bond acceptors (Lipinski definition) is 3. The first-order chi connectivity index (χ1) is 6.25. The average molecular weight is 217 g/mol. The molecule has 0 saturated carbocycles. The van der Waals surface area contributed by atoms with Gasteiger partial charge in [0.1, 0.15) is 0 Å². The lowest BCUT2D eigenvalue weighted by atomic mass is 10.7. The van der Waals surface area contributed by atoms with Gasteiger partial charge in [-0.25, -0.2) is 9.89 Å². The van der Waals surface area contributed by atoms with Crippen molar-refractivity contribution in [1.82, 2.24) is 14.8 Å². The number of rotatable bonds is 5. The fourth-order valence-electron chi connectivity index (χ4n) is 0.860. The lowest BCUT2D eigenvalue weighted by Crippen LogP contribution is -2.18. The van der Waals surface area contributed by atoms with E-state index >= 15 is 0 Å². The molecule has 4 nitrogen and oxygen atoms in total. The Balaban J connectivity index is 2.49. The van der Waals surface area contributed by atoms with Crippen molar-refractivity contribution in [2.45, 2.75) is 6.54 Å². The summed E-state index contributed by atoms with van der Waals surface area (Å²) in [4.78, 5) is 11.1. The van der Waals surface area contributed by atoms with Crippen molar-refractivity contribution < 1.29 is 0 Å². The van der Waals surface area contributed by atoms with E-state index in [1.807, 2.05) is 6.08 Å². The lowest BCUT2D eigenvalue weighted by Gasteiger charge is -1.97. The fraction of sp³-hybridized carbons (Fsp3) is 0.429. The normalized spacial score (nSPS) is 10.2. The molecule has 0 amide bonds.